The summed E-state index contributed by atoms with van der Waals surface area (Å²) >= 11 is 0. The van der Waals surface area contributed by atoms with Crippen molar-refractivity contribution < 1.29 is 9.59 Å². The zero-order valence-corrected chi connectivity index (χ0v) is 15.8. The molecule has 3 rings (SSSR count). The minimum Gasteiger partial charge on any atom is -0.356 e. The van der Waals surface area contributed by atoms with E-state index in [-0.39, 0.29) is 11.8 Å². The fraction of sp³-hybridized carbons (Fsp3) is 0.636. The van der Waals surface area contributed by atoms with Crippen molar-refractivity contribution in [1.82, 2.24) is 10.2 Å². The van der Waals surface area contributed by atoms with Crippen LogP contribution in [0.15, 0.2) is 30.3 Å². The second-order valence-corrected chi connectivity index (χ2v) is 7.89. The van der Waals surface area contributed by atoms with Gasteiger partial charge in [0.2, 0.25) is 11.8 Å². The second kappa shape index (κ2) is 9.75. The van der Waals surface area contributed by atoms with E-state index in [2.05, 4.69) is 22.3 Å². The SMILES string of the molecule is O=C(CC1CCN(C(=O)C2CCCCC2)CC1)NCCc1ccccc1. The van der Waals surface area contributed by atoms with Gasteiger partial charge in [-0.25, -0.2) is 0 Å². The van der Waals surface area contributed by atoms with E-state index >= 15 is 0 Å². The van der Waals surface area contributed by atoms with E-state index in [1.807, 2.05) is 18.2 Å². The van der Waals surface area contributed by atoms with Gasteiger partial charge in [-0.15, -0.1) is 0 Å². The highest BCUT2D eigenvalue weighted by atomic mass is 16.2. The molecular formula is C22H32N2O2. The fourth-order valence-corrected chi connectivity index (χ4v) is 4.29. The number of benzene rings is 1. The van der Waals surface area contributed by atoms with Crippen LogP contribution in [0.3, 0.4) is 0 Å². The summed E-state index contributed by atoms with van der Waals surface area (Å²) in [6.07, 6.45) is 9.23. The minimum atomic E-state index is 0.151. The Balaban J connectivity index is 1.33. The van der Waals surface area contributed by atoms with E-state index in [9.17, 15) is 9.59 Å². The molecule has 1 aromatic rings. The van der Waals surface area contributed by atoms with Gasteiger partial charge in [0.15, 0.2) is 0 Å². The number of hydrogen-bond acceptors (Lipinski definition) is 2. The molecule has 0 spiro atoms. The molecule has 4 heteroatoms. The van der Waals surface area contributed by atoms with Gasteiger partial charge in [0, 0.05) is 32.0 Å². The van der Waals surface area contributed by atoms with E-state index in [0.29, 0.717) is 24.8 Å². The summed E-state index contributed by atoms with van der Waals surface area (Å²) in [5.41, 5.74) is 1.25. The molecule has 2 aliphatic rings. The maximum atomic E-state index is 12.6. The standard InChI is InChI=1S/C22H32N2O2/c25-21(23-14-11-18-7-3-1-4-8-18)17-19-12-15-24(16-13-19)22(26)20-9-5-2-6-10-20/h1,3-4,7-8,19-20H,2,5-6,9-17H2,(H,23,25). The summed E-state index contributed by atoms with van der Waals surface area (Å²) in [5, 5.41) is 3.04. The van der Waals surface area contributed by atoms with Gasteiger partial charge in [0.25, 0.3) is 0 Å². The van der Waals surface area contributed by atoms with E-state index in [0.717, 1.165) is 45.2 Å². The first-order chi connectivity index (χ1) is 12.7. The summed E-state index contributed by atoms with van der Waals surface area (Å²) in [5.74, 6) is 1.21. The molecule has 4 nitrogen and oxygen atoms in total. The molecule has 1 heterocycles. The van der Waals surface area contributed by atoms with Crippen LogP contribution in [0.25, 0.3) is 0 Å². The third kappa shape index (κ3) is 5.58. The quantitative estimate of drug-likeness (QED) is 0.847. The summed E-state index contributed by atoms with van der Waals surface area (Å²) in [4.78, 5) is 26.8. The van der Waals surface area contributed by atoms with Gasteiger partial charge >= 0.3 is 0 Å². The van der Waals surface area contributed by atoms with Crippen molar-refractivity contribution in [2.75, 3.05) is 19.6 Å². The topological polar surface area (TPSA) is 49.4 Å². The Labute approximate surface area is 157 Å². The maximum absolute atomic E-state index is 12.6. The Bertz CT molecular complexity index is 573. The minimum absolute atomic E-state index is 0.151. The molecule has 1 N–H and O–H groups in total. The summed E-state index contributed by atoms with van der Waals surface area (Å²) < 4.78 is 0. The Morgan fingerprint density at radius 3 is 2.35 bits per heavy atom. The highest BCUT2D eigenvalue weighted by molar-refractivity contribution is 5.79. The monoisotopic (exact) mass is 356 g/mol. The van der Waals surface area contributed by atoms with Crippen molar-refractivity contribution in [3.8, 4) is 0 Å². The lowest BCUT2D eigenvalue weighted by Gasteiger charge is -2.35. The Morgan fingerprint density at radius 1 is 0.962 bits per heavy atom. The maximum Gasteiger partial charge on any atom is 0.225 e. The molecule has 142 valence electrons. The van der Waals surface area contributed by atoms with Gasteiger partial charge < -0.3 is 10.2 Å². The van der Waals surface area contributed by atoms with Crippen LogP contribution in [0.4, 0.5) is 0 Å². The molecule has 1 saturated heterocycles. The van der Waals surface area contributed by atoms with Crippen molar-refractivity contribution in [3.05, 3.63) is 35.9 Å². The Morgan fingerprint density at radius 2 is 1.65 bits per heavy atom. The van der Waals surface area contributed by atoms with Crippen LogP contribution in [0.5, 0.6) is 0 Å². The first-order valence-electron chi connectivity index (χ1n) is 10.3. The van der Waals surface area contributed by atoms with E-state index < -0.39 is 0 Å². The predicted octanol–water partition coefficient (Wildman–Crippen LogP) is 3.55. The number of nitrogens with zero attached hydrogens (tertiary/aromatic N) is 1. The van der Waals surface area contributed by atoms with Gasteiger partial charge in [0.1, 0.15) is 0 Å². The number of nitrogens with one attached hydrogen (secondary N) is 1. The molecule has 0 atom stereocenters. The molecule has 2 amide bonds. The predicted molar refractivity (Wildman–Crippen MR) is 104 cm³/mol. The lowest BCUT2D eigenvalue weighted by atomic mass is 9.87. The number of hydrogen-bond donors (Lipinski definition) is 1. The number of carbonyl (C=O) groups is 2. The third-order valence-electron chi connectivity index (χ3n) is 5.93. The summed E-state index contributed by atoms with van der Waals surface area (Å²) in [6.45, 7) is 2.36. The Hall–Kier alpha value is -1.84. The van der Waals surface area contributed by atoms with Crippen molar-refractivity contribution in [1.29, 1.82) is 0 Å². The van der Waals surface area contributed by atoms with Crippen LogP contribution in [0.2, 0.25) is 0 Å². The number of likely N-dealkylation sites (tertiary alicyclic amines) is 1. The molecule has 1 aliphatic heterocycles. The molecule has 1 saturated carbocycles. The number of carbonyl (C=O) groups excluding carboxylic acids is 2. The van der Waals surface area contributed by atoms with E-state index in [1.54, 1.807) is 0 Å². The third-order valence-corrected chi connectivity index (χ3v) is 5.93. The van der Waals surface area contributed by atoms with Crippen LogP contribution < -0.4 is 5.32 Å². The van der Waals surface area contributed by atoms with Crippen molar-refractivity contribution in [3.63, 3.8) is 0 Å². The zero-order chi connectivity index (χ0) is 18.2. The molecule has 26 heavy (non-hydrogen) atoms. The van der Waals surface area contributed by atoms with Crippen LogP contribution in [-0.2, 0) is 16.0 Å². The molecule has 2 fully saturated rings. The highest BCUT2D eigenvalue weighted by Gasteiger charge is 2.29. The lowest BCUT2D eigenvalue weighted by Crippen LogP contribution is -2.43. The van der Waals surface area contributed by atoms with E-state index in [4.69, 9.17) is 0 Å². The van der Waals surface area contributed by atoms with Gasteiger partial charge in [0.05, 0.1) is 0 Å². The van der Waals surface area contributed by atoms with Crippen LogP contribution in [-0.4, -0.2) is 36.3 Å². The number of piperidine rings is 1. The first kappa shape index (κ1) is 18.9. The van der Waals surface area contributed by atoms with Crippen LogP contribution in [0.1, 0.15) is 56.9 Å². The van der Waals surface area contributed by atoms with Crippen molar-refractivity contribution in [2.24, 2.45) is 11.8 Å². The number of rotatable bonds is 6. The normalized spacial score (nSPS) is 19.3. The summed E-state index contributed by atoms with van der Waals surface area (Å²) in [6, 6.07) is 10.2. The van der Waals surface area contributed by atoms with Gasteiger partial charge in [-0.3, -0.25) is 9.59 Å². The molecule has 0 aromatic heterocycles. The smallest absolute Gasteiger partial charge is 0.225 e. The fourth-order valence-electron chi connectivity index (χ4n) is 4.29. The van der Waals surface area contributed by atoms with Gasteiger partial charge in [-0.2, -0.15) is 0 Å². The number of amides is 2. The highest BCUT2D eigenvalue weighted by Crippen LogP contribution is 2.28. The first-order valence-corrected chi connectivity index (χ1v) is 10.3. The van der Waals surface area contributed by atoms with Gasteiger partial charge in [-0.1, -0.05) is 49.6 Å². The van der Waals surface area contributed by atoms with E-state index in [1.165, 1.54) is 24.8 Å². The van der Waals surface area contributed by atoms with Crippen molar-refractivity contribution in [2.45, 2.75) is 57.8 Å². The van der Waals surface area contributed by atoms with Gasteiger partial charge in [-0.05, 0) is 43.6 Å². The van der Waals surface area contributed by atoms with Crippen LogP contribution >= 0.6 is 0 Å². The molecule has 0 radical (unpaired) electrons. The Kier molecular flexibility index (Phi) is 7.10. The lowest BCUT2D eigenvalue weighted by molar-refractivity contribution is -0.138. The molecular weight excluding hydrogens is 324 g/mol. The van der Waals surface area contributed by atoms with Crippen molar-refractivity contribution >= 4 is 11.8 Å². The molecule has 1 aromatic carbocycles. The second-order valence-electron chi connectivity index (χ2n) is 7.89. The molecule has 0 bridgehead atoms. The van der Waals surface area contributed by atoms with Crippen LogP contribution in [0, 0.1) is 11.8 Å². The summed E-state index contributed by atoms with van der Waals surface area (Å²) in [7, 11) is 0. The average Bonchev–Trinajstić information content (AvgIpc) is 2.69. The largest absolute Gasteiger partial charge is 0.356 e. The average molecular weight is 357 g/mol. The zero-order valence-electron chi connectivity index (χ0n) is 15.8. The molecule has 0 unspecified atom stereocenters. The molecule has 1 aliphatic carbocycles.